The Labute approximate surface area is 98.7 Å². The molecule has 0 fully saturated rings. The maximum Gasteiger partial charge on any atom is 0.0492 e. The Kier molecular flexibility index (Phi) is 3.41. The van der Waals surface area contributed by atoms with E-state index in [4.69, 9.17) is 11.6 Å². The molecule has 2 aromatic rings. The SMILES string of the molecule is CNCc1csc(-c2ccccc2Cl)c1. The van der Waals surface area contributed by atoms with Crippen molar-refractivity contribution in [3.8, 4) is 10.4 Å². The molecule has 1 heterocycles. The minimum absolute atomic E-state index is 0.815. The van der Waals surface area contributed by atoms with Gasteiger partial charge in [0.1, 0.15) is 0 Å². The third-order valence-corrected chi connectivity index (χ3v) is 3.52. The summed E-state index contributed by atoms with van der Waals surface area (Å²) in [6, 6.07) is 10.1. The van der Waals surface area contributed by atoms with Gasteiger partial charge in [-0.15, -0.1) is 11.3 Å². The highest BCUT2D eigenvalue weighted by Gasteiger charge is 2.05. The quantitative estimate of drug-likeness (QED) is 0.857. The highest BCUT2D eigenvalue weighted by atomic mass is 35.5. The number of thiophene rings is 1. The first-order valence-corrected chi connectivity index (χ1v) is 6.04. The van der Waals surface area contributed by atoms with Crippen LogP contribution in [-0.2, 0) is 6.54 Å². The van der Waals surface area contributed by atoms with Crippen molar-refractivity contribution in [2.24, 2.45) is 0 Å². The van der Waals surface area contributed by atoms with Gasteiger partial charge in [-0.2, -0.15) is 0 Å². The van der Waals surface area contributed by atoms with Gasteiger partial charge in [0, 0.05) is 22.0 Å². The Morgan fingerprint density at radius 1 is 1.33 bits per heavy atom. The smallest absolute Gasteiger partial charge is 0.0492 e. The third kappa shape index (κ3) is 2.40. The van der Waals surface area contributed by atoms with Crippen LogP contribution in [0.5, 0.6) is 0 Å². The molecule has 1 aromatic carbocycles. The summed E-state index contributed by atoms with van der Waals surface area (Å²) in [6.07, 6.45) is 0. The molecular formula is C12H12ClNS. The molecule has 0 atom stereocenters. The highest BCUT2D eigenvalue weighted by molar-refractivity contribution is 7.13. The van der Waals surface area contributed by atoms with Crippen molar-refractivity contribution in [3.05, 3.63) is 46.3 Å². The molecule has 0 spiro atoms. The van der Waals surface area contributed by atoms with Gasteiger partial charge in [-0.05, 0) is 30.1 Å². The van der Waals surface area contributed by atoms with Gasteiger partial charge in [0.25, 0.3) is 0 Å². The van der Waals surface area contributed by atoms with E-state index in [-0.39, 0.29) is 0 Å². The minimum Gasteiger partial charge on any atom is -0.316 e. The fourth-order valence-corrected chi connectivity index (χ4v) is 2.72. The highest BCUT2D eigenvalue weighted by Crippen LogP contribution is 2.32. The Hall–Kier alpha value is -0.830. The van der Waals surface area contributed by atoms with Crippen molar-refractivity contribution >= 4 is 22.9 Å². The van der Waals surface area contributed by atoms with Crippen molar-refractivity contribution in [1.82, 2.24) is 5.32 Å². The van der Waals surface area contributed by atoms with Crippen LogP contribution in [0.25, 0.3) is 10.4 Å². The first-order valence-electron chi connectivity index (χ1n) is 4.78. The zero-order chi connectivity index (χ0) is 10.7. The summed E-state index contributed by atoms with van der Waals surface area (Å²) in [4.78, 5) is 1.23. The van der Waals surface area contributed by atoms with Gasteiger partial charge in [0.15, 0.2) is 0 Å². The summed E-state index contributed by atoms with van der Waals surface area (Å²) in [5.74, 6) is 0. The van der Waals surface area contributed by atoms with Crippen LogP contribution < -0.4 is 5.32 Å². The third-order valence-electron chi connectivity index (χ3n) is 2.17. The fourth-order valence-electron chi connectivity index (χ4n) is 1.47. The molecule has 0 unspecified atom stereocenters. The van der Waals surface area contributed by atoms with E-state index in [0.717, 1.165) is 17.1 Å². The molecule has 0 aliphatic carbocycles. The van der Waals surface area contributed by atoms with Crippen LogP contribution in [-0.4, -0.2) is 7.05 Å². The maximum absolute atomic E-state index is 6.14. The van der Waals surface area contributed by atoms with Gasteiger partial charge in [-0.25, -0.2) is 0 Å². The largest absolute Gasteiger partial charge is 0.316 e. The molecule has 0 saturated carbocycles. The van der Waals surface area contributed by atoms with E-state index in [9.17, 15) is 0 Å². The van der Waals surface area contributed by atoms with Gasteiger partial charge < -0.3 is 5.32 Å². The van der Waals surface area contributed by atoms with Crippen LogP contribution in [0, 0.1) is 0 Å². The second-order valence-electron chi connectivity index (χ2n) is 3.33. The topological polar surface area (TPSA) is 12.0 Å². The van der Waals surface area contributed by atoms with Crippen molar-refractivity contribution in [2.75, 3.05) is 7.05 Å². The molecule has 0 radical (unpaired) electrons. The summed E-state index contributed by atoms with van der Waals surface area (Å²) in [5, 5.41) is 6.11. The zero-order valence-corrected chi connectivity index (χ0v) is 10.0. The van der Waals surface area contributed by atoms with Crippen molar-refractivity contribution in [3.63, 3.8) is 0 Å². The lowest BCUT2D eigenvalue weighted by Gasteiger charge is -1.99. The lowest BCUT2D eigenvalue weighted by atomic mass is 10.1. The molecule has 0 bridgehead atoms. The van der Waals surface area contributed by atoms with Gasteiger partial charge >= 0.3 is 0 Å². The molecule has 1 N–H and O–H groups in total. The van der Waals surface area contributed by atoms with Crippen LogP contribution >= 0.6 is 22.9 Å². The van der Waals surface area contributed by atoms with Crippen molar-refractivity contribution in [1.29, 1.82) is 0 Å². The number of hydrogen-bond acceptors (Lipinski definition) is 2. The second kappa shape index (κ2) is 4.79. The molecule has 0 amide bonds. The van der Waals surface area contributed by atoms with Crippen LogP contribution in [0.15, 0.2) is 35.7 Å². The number of benzene rings is 1. The fraction of sp³-hybridized carbons (Fsp3) is 0.167. The Bertz CT molecular complexity index is 450. The molecule has 2 rings (SSSR count). The second-order valence-corrected chi connectivity index (χ2v) is 4.65. The van der Waals surface area contributed by atoms with Crippen LogP contribution in [0.2, 0.25) is 5.02 Å². The first-order chi connectivity index (χ1) is 7.31. The summed E-state index contributed by atoms with van der Waals surface area (Å²) < 4.78 is 0. The molecule has 78 valence electrons. The number of nitrogens with one attached hydrogen (secondary N) is 1. The Morgan fingerprint density at radius 3 is 2.87 bits per heavy atom. The number of halogens is 1. The lowest BCUT2D eigenvalue weighted by molar-refractivity contribution is 0.821. The average molecular weight is 238 g/mol. The lowest BCUT2D eigenvalue weighted by Crippen LogP contribution is -2.03. The van der Waals surface area contributed by atoms with Crippen LogP contribution in [0.4, 0.5) is 0 Å². The van der Waals surface area contributed by atoms with Gasteiger partial charge in [0.05, 0.1) is 0 Å². The molecule has 1 aromatic heterocycles. The summed E-state index contributed by atoms with van der Waals surface area (Å²) >= 11 is 7.87. The zero-order valence-electron chi connectivity index (χ0n) is 8.46. The van der Waals surface area contributed by atoms with E-state index in [1.54, 1.807) is 11.3 Å². The van der Waals surface area contributed by atoms with Gasteiger partial charge in [0.2, 0.25) is 0 Å². The van der Waals surface area contributed by atoms with E-state index in [1.807, 2.05) is 25.2 Å². The van der Waals surface area contributed by atoms with E-state index in [1.165, 1.54) is 10.4 Å². The van der Waals surface area contributed by atoms with E-state index in [0.29, 0.717) is 0 Å². The minimum atomic E-state index is 0.815. The predicted molar refractivity (Wildman–Crippen MR) is 67.5 cm³/mol. The average Bonchev–Trinajstić information content (AvgIpc) is 2.68. The van der Waals surface area contributed by atoms with Crippen molar-refractivity contribution < 1.29 is 0 Å². The Morgan fingerprint density at radius 2 is 2.13 bits per heavy atom. The first kappa shape index (κ1) is 10.7. The number of hydrogen-bond donors (Lipinski definition) is 1. The van der Waals surface area contributed by atoms with E-state index < -0.39 is 0 Å². The molecule has 15 heavy (non-hydrogen) atoms. The van der Waals surface area contributed by atoms with Crippen LogP contribution in [0.3, 0.4) is 0 Å². The monoisotopic (exact) mass is 237 g/mol. The van der Waals surface area contributed by atoms with Gasteiger partial charge in [-0.1, -0.05) is 29.8 Å². The number of rotatable bonds is 3. The molecule has 0 saturated heterocycles. The van der Waals surface area contributed by atoms with E-state index in [2.05, 4.69) is 22.8 Å². The maximum atomic E-state index is 6.14. The molecule has 0 aliphatic rings. The molecule has 3 heteroatoms. The molecular weight excluding hydrogens is 226 g/mol. The van der Waals surface area contributed by atoms with E-state index >= 15 is 0 Å². The van der Waals surface area contributed by atoms with Crippen molar-refractivity contribution in [2.45, 2.75) is 6.54 Å². The molecule has 0 aliphatic heterocycles. The summed E-state index contributed by atoms with van der Waals surface area (Å²) in [6.45, 7) is 0.904. The normalized spacial score (nSPS) is 10.5. The molecule has 1 nitrogen and oxygen atoms in total. The van der Waals surface area contributed by atoms with Gasteiger partial charge in [-0.3, -0.25) is 0 Å². The Balaban J connectivity index is 2.33. The van der Waals surface area contributed by atoms with Crippen LogP contribution in [0.1, 0.15) is 5.56 Å². The predicted octanol–water partition coefficient (Wildman–Crippen LogP) is 3.79. The standard InChI is InChI=1S/C12H12ClNS/c1-14-7-9-6-12(15-8-9)10-4-2-3-5-11(10)13/h2-6,8,14H,7H2,1H3. The summed E-state index contributed by atoms with van der Waals surface area (Å²) in [5.41, 5.74) is 2.42. The summed E-state index contributed by atoms with van der Waals surface area (Å²) in [7, 11) is 1.95.